The fourth-order valence-corrected chi connectivity index (χ4v) is 4.41. The van der Waals surface area contributed by atoms with Gasteiger partial charge in [-0.15, -0.1) is 0 Å². The molecule has 1 atom stereocenters. The predicted molar refractivity (Wildman–Crippen MR) is 107 cm³/mol. The number of aryl methyl sites for hydroxylation is 2. The van der Waals surface area contributed by atoms with Crippen LogP contribution in [0.25, 0.3) is 0 Å². The summed E-state index contributed by atoms with van der Waals surface area (Å²) in [6.45, 7) is 9.93. The largest absolute Gasteiger partial charge is 0.494 e. The summed E-state index contributed by atoms with van der Waals surface area (Å²) >= 11 is 0. The molecule has 0 N–H and O–H groups in total. The van der Waals surface area contributed by atoms with Crippen LogP contribution in [-0.2, 0) is 9.26 Å². The van der Waals surface area contributed by atoms with Gasteiger partial charge in [0.05, 0.1) is 19.8 Å². The minimum absolute atomic E-state index is 0.0382. The van der Waals surface area contributed by atoms with E-state index in [0.29, 0.717) is 26.4 Å². The van der Waals surface area contributed by atoms with Crippen molar-refractivity contribution in [3.63, 3.8) is 0 Å². The Kier molecular flexibility index (Phi) is 8.24. The number of hydrogen-bond acceptors (Lipinski definition) is 4. The zero-order valence-electron chi connectivity index (χ0n) is 16.0. The maximum absolute atomic E-state index is 13.3. The Morgan fingerprint density at radius 1 is 0.923 bits per heavy atom. The van der Waals surface area contributed by atoms with Gasteiger partial charge in [-0.2, -0.15) is 0 Å². The molecule has 0 aromatic heterocycles. The van der Waals surface area contributed by atoms with Crippen molar-refractivity contribution in [2.75, 3.05) is 26.4 Å². The van der Waals surface area contributed by atoms with E-state index in [-0.39, 0.29) is 5.52 Å². The first-order valence-electron chi connectivity index (χ1n) is 8.92. The second-order valence-electron chi connectivity index (χ2n) is 5.82. The average molecular weight is 374 g/mol. The van der Waals surface area contributed by atoms with E-state index in [1.54, 1.807) is 0 Å². The smallest absolute Gasteiger partial charge is 0.216 e. The van der Waals surface area contributed by atoms with Gasteiger partial charge in [-0.05, 0) is 63.1 Å². The highest BCUT2D eigenvalue weighted by atomic mass is 31.1. The van der Waals surface area contributed by atoms with Crippen LogP contribution in [0.5, 0.6) is 5.75 Å². The normalized spacial score (nSPS) is 12.0. The van der Waals surface area contributed by atoms with Gasteiger partial charge in [-0.1, -0.05) is 18.2 Å². The highest BCUT2D eigenvalue weighted by molar-refractivity contribution is 7.78. The zero-order valence-corrected chi connectivity index (χ0v) is 16.8. The molecule has 26 heavy (non-hydrogen) atoms. The highest BCUT2D eigenvalue weighted by Gasteiger charge is 2.26. The Balaban J connectivity index is 2.29. The van der Waals surface area contributed by atoms with Gasteiger partial charge in [0.1, 0.15) is 13.9 Å². The maximum Gasteiger partial charge on any atom is 0.216 e. The fourth-order valence-electron chi connectivity index (χ4n) is 2.68. The molecule has 0 fully saturated rings. The van der Waals surface area contributed by atoms with E-state index in [2.05, 4.69) is 0 Å². The van der Waals surface area contributed by atoms with Crippen molar-refractivity contribution in [1.29, 1.82) is 0 Å². The third-order valence-electron chi connectivity index (χ3n) is 3.91. The molecule has 0 aliphatic heterocycles. The van der Waals surface area contributed by atoms with Crippen molar-refractivity contribution >= 4 is 19.0 Å². The third-order valence-corrected chi connectivity index (χ3v) is 5.71. The van der Waals surface area contributed by atoms with Gasteiger partial charge in [0, 0.05) is 17.5 Å². The molecule has 0 bridgehead atoms. The summed E-state index contributed by atoms with van der Waals surface area (Å²) in [5, 5.41) is 0.882. The van der Waals surface area contributed by atoms with E-state index < -0.39 is 8.15 Å². The molecule has 0 saturated carbocycles. The highest BCUT2D eigenvalue weighted by Crippen LogP contribution is 2.41. The molecule has 0 heterocycles. The van der Waals surface area contributed by atoms with Crippen molar-refractivity contribution in [3.05, 3.63) is 59.2 Å². The standard InChI is InChI=1S/C21H27O4P/c1-5-23-14-15-25-26(19-12-10-18(11-13-19)24-6-2)21(22)20-16(3)8-7-9-17(20)4/h7-13H,5-6,14-15H2,1-4H3. The van der Waals surface area contributed by atoms with Crippen molar-refractivity contribution in [2.45, 2.75) is 27.7 Å². The van der Waals surface area contributed by atoms with Crippen LogP contribution < -0.4 is 10.0 Å². The van der Waals surface area contributed by atoms with Crippen molar-refractivity contribution in [2.24, 2.45) is 0 Å². The van der Waals surface area contributed by atoms with Crippen LogP contribution in [0.1, 0.15) is 35.3 Å². The topological polar surface area (TPSA) is 44.8 Å². The first-order chi connectivity index (χ1) is 12.6. The Hall–Kier alpha value is -1.74. The molecule has 0 radical (unpaired) electrons. The van der Waals surface area contributed by atoms with Crippen LogP contribution in [0.2, 0.25) is 0 Å². The van der Waals surface area contributed by atoms with E-state index in [0.717, 1.165) is 27.7 Å². The summed E-state index contributed by atoms with van der Waals surface area (Å²) in [7, 11) is -1.44. The summed E-state index contributed by atoms with van der Waals surface area (Å²) in [4.78, 5) is 13.3. The average Bonchev–Trinajstić information content (AvgIpc) is 2.63. The molecule has 0 aliphatic carbocycles. The van der Waals surface area contributed by atoms with Gasteiger partial charge < -0.3 is 14.0 Å². The number of hydrogen-bond donors (Lipinski definition) is 0. The Morgan fingerprint density at radius 3 is 2.15 bits per heavy atom. The molecule has 0 aliphatic rings. The molecular formula is C21H27O4P. The number of ether oxygens (including phenoxy) is 2. The first-order valence-corrected chi connectivity index (χ1v) is 10.2. The van der Waals surface area contributed by atoms with E-state index in [4.69, 9.17) is 14.0 Å². The molecule has 4 nitrogen and oxygen atoms in total. The predicted octanol–water partition coefficient (Wildman–Crippen LogP) is 4.62. The summed E-state index contributed by atoms with van der Waals surface area (Å²) in [6.07, 6.45) is 0. The maximum atomic E-state index is 13.3. The van der Waals surface area contributed by atoms with Crippen LogP contribution in [-0.4, -0.2) is 32.0 Å². The lowest BCUT2D eigenvalue weighted by molar-refractivity contribution is 0.102. The van der Waals surface area contributed by atoms with Crippen molar-refractivity contribution < 1.29 is 18.8 Å². The second-order valence-corrected chi connectivity index (χ2v) is 7.59. The van der Waals surface area contributed by atoms with Crippen molar-refractivity contribution in [1.82, 2.24) is 0 Å². The number of carbonyl (C=O) groups excluding carboxylic acids is 1. The monoisotopic (exact) mass is 374 g/mol. The lowest BCUT2D eigenvalue weighted by Crippen LogP contribution is -2.15. The van der Waals surface area contributed by atoms with Crippen LogP contribution in [0.15, 0.2) is 42.5 Å². The minimum Gasteiger partial charge on any atom is -0.494 e. The van der Waals surface area contributed by atoms with Crippen molar-refractivity contribution in [3.8, 4) is 5.75 Å². The van der Waals surface area contributed by atoms with E-state index >= 15 is 0 Å². The van der Waals surface area contributed by atoms with Gasteiger partial charge >= 0.3 is 0 Å². The molecule has 0 spiro atoms. The number of benzene rings is 2. The molecular weight excluding hydrogens is 347 g/mol. The summed E-state index contributed by atoms with van der Waals surface area (Å²) < 4.78 is 16.9. The van der Waals surface area contributed by atoms with Gasteiger partial charge in [0.15, 0.2) is 0 Å². The first kappa shape index (κ1) is 20.6. The second kappa shape index (κ2) is 10.4. The summed E-state index contributed by atoms with van der Waals surface area (Å²) in [5.74, 6) is 0.792. The van der Waals surface area contributed by atoms with Gasteiger partial charge in [-0.25, -0.2) is 0 Å². The van der Waals surface area contributed by atoms with Crippen LogP contribution in [0, 0.1) is 13.8 Å². The summed E-state index contributed by atoms with van der Waals surface area (Å²) in [6, 6.07) is 13.5. The van der Waals surface area contributed by atoms with E-state index in [1.165, 1.54) is 0 Å². The fraction of sp³-hybridized carbons (Fsp3) is 0.381. The van der Waals surface area contributed by atoms with E-state index in [9.17, 15) is 4.79 Å². The van der Waals surface area contributed by atoms with Crippen LogP contribution in [0.3, 0.4) is 0 Å². The Morgan fingerprint density at radius 2 is 1.58 bits per heavy atom. The summed E-state index contributed by atoms with van der Waals surface area (Å²) in [5.41, 5.74) is 2.74. The Labute approximate surface area is 157 Å². The third kappa shape index (κ3) is 5.38. The molecule has 0 amide bonds. The number of carbonyl (C=O) groups is 1. The molecule has 5 heteroatoms. The molecule has 1 unspecified atom stereocenters. The van der Waals surface area contributed by atoms with Gasteiger partial charge in [0.2, 0.25) is 5.52 Å². The molecule has 2 aromatic carbocycles. The van der Waals surface area contributed by atoms with E-state index in [1.807, 2.05) is 70.2 Å². The zero-order chi connectivity index (χ0) is 18.9. The quantitative estimate of drug-likeness (QED) is 0.450. The van der Waals surface area contributed by atoms with Crippen LogP contribution in [0.4, 0.5) is 0 Å². The Bertz CT molecular complexity index is 692. The number of rotatable bonds is 10. The van der Waals surface area contributed by atoms with Crippen LogP contribution >= 0.6 is 8.15 Å². The molecule has 2 rings (SSSR count). The molecule has 140 valence electrons. The minimum atomic E-state index is -1.44. The SMILES string of the molecule is CCOCCOP(C(=O)c1c(C)cccc1C)c1ccc(OCC)cc1. The lowest BCUT2D eigenvalue weighted by atomic mass is 10.0. The molecule has 2 aromatic rings. The molecule has 0 saturated heterocycles. The lowest BCUT2D eigenvalue weighted by Gasteiger charge is -2.19. The van der Waals surface area contributed by atoms with Gasteiger partial charge in [-0.3, -0.25) is 4.79 Å². The van der Waals surface area contributed by atoms with Gasteiger partial charge in [0.25, 0.3) is 0 Å².